The van der Waals surface area contributed by atoms with Gasteiger partial charge >= 0.3 is 0 Å². The summed E-state index contributed by atoms with van der Waals surface area (Å²) in [5, 5.41) is 3.03. The van der Waals surface area contributed by atoms with Gasteiger partial charge in [-0.1, -0.05) is 15.9 Å². The molecule has 108 valence electrons. The van der Waals surface area contributed by atoms with Crippen molar-refractivity contribution in [3.05, 3.63) is 27.1 Å². The Kier molecular flexibility index (Phi) is 4.17. The molecule has 6 heteroatoms. The first kappa shape index (κ1) is 14.5. The Hall–Kier alpha value is -0.430. The van der Waals surface area contributed by atoms with Crippen LogP contribution in [0.5, 0.6) is 0 Å². The van der Waals surface area contributed by atoms with Gasteiger partial charge in [0.25, 0.3) is 5.91 Å². The van der Waals surface area contributed by atoms with Gasteiger partial charge in [-0.15, -0.1) is 0 Å². The van der Waals surface area contributed by atoms with Crippen molar-refractivity contribution in [1.82, 2.24) is 4.90 Å². The van der Waals surface area contributed by atoms with Crippen molar-refractivity contribution >= 4 is 43.5 Å². The van der Waals surface area contributed by atoms with Gasteiger partial charge in [-0.3, -0.25) is 9.69 Å². The summed E-state index contributed by atoms with van der Waals surface area (Å²) in [5.74, 6) is 0.114. The van der Waals surface area contributed by atoms with E-state index >= 15 is 0 Å². The number of nitrogens with one attached hydrogen (secondary N) is 1. The van der Waals surface area contributed by atoms with Crippen LogP contribution < -0.4 is 5.32 Å². The number of quaternary nitrogens is 1. The first-order valence-electron chi connectivity index (χ1n) is 6.89. The fraction of sp³-hybridized carbons (Fsp3) is 0.500. The number of amides is 1. The molecule has 3 aliphatic rings. The van der Waals surface area contributed by atoms with Crippen LogP contribution >= 0.6 is 31.9 Å². The van der Waals surface area contributed by atoms with Gasteiger partial charge < -0.3 is 9.80 Å². The lowest BCUT2D eigenvalue weighted by Crippen LogP contribution is -2.68. The third-order valence-electron chi connectivity index (χ3n) is 4.36. The van der Waals surface area contributed by atoms with E-state index < -0.39 is 0 Å². The minimum Gasteiger partial charge on any atom is -0.320 e. The molecule has 2 bridgehead atoms. The molecule has 4 nitrogen and oxygen atoms in total. The standard InChI is InChI=1S/C14H17Br2N3O/c15-11-1-2-13(12(16)9-11)17-14(20)10-19-6-3-18(4-7-19)5-8-19/h1-2,9H,3-8,10H2/p+1. The molecule has 0 aromatic heterocycles. The molecule has 0 radical (unpaired) electrons. The van der Waals surface area contributed by atoms with Crippen LogP contribution in [0.15, 0.2) is 27.1 Å². The number of hydrogen-bond donors (Lipinski definition) is 1. The van der Waals surface area contributed by atoms with Crippen molar-refractivity contribution in [1.29, 1.82) is 0 Å². The van der Waals surface area contributed by atoms with Gasteiger partial charge in [0.1, 0.15) is 0 Å². The molecule has 3 aliphatic heterocycles. The highest BCUT2D eigenvalue weighted by atomic mass is 79.9. The average molecular weight is 404 g/mol. The lowest BCUT2D eigenvalue weighted by atomic mass is 10.1. The molecule has 1 aromatic carbocycles. The van der Waals surface area contributed by atoms with E-state index in [1.165, 1.54) is 0 Å². The number of anilines is 1. The van der Waals surface area contributed by atoms with Gasteiger partial charge in [0.15, 0.2) is 6.54 Å². The molecule has 3 heterocycles. The van der Waals surface area contributed by atoms with Crippen molar-refractivity contribution in [2.24, 2.45) is 0 Å². The van der Waals surface area contributed by atoms with E-state index in [0.717, 1.165) is 58.4 Å². The molecular formula is C14H18Br2N3O+. The number of halogens is 2. The Morgan fingerprint density at radius 3 is 2.45 bits per heavy atom. The maximum absolute atomic E-state index is 12.3. The molecule has 20 heavy (non-hydrogen) atoms. The highest BCUT2D eigenvalue weighted by Gasteiger charge is 2.39. The first-order chi connectivity index (χ1) is 9.56. The van der Waals surface area contributed by atoms with E-state index in [1.54, 1.807) is 0 Å². The van der Waals surface area contributed by atoms with Crippen molar-refractivity contribution < 1.29 is 9.28 Å². The number of carbonyl (C=O) groups excluding carboxylic acids is 1. The predicted molar refractivity (Wildman–Crippen MR) is 86.6 cm³/mol. The van der Waals surface area contributed by atoms with Crippen LogP contribution in [0.2, 0.25) is 0 Å². The van der Waals surface area contributed by atoms with Crippen LogP contribution in [0.4, 0.5) is 5.69 Å². The minimum absolute atomic E-state index is 0.114. The van der Waals surface area contributed by atoms with Gasteiger partial charge in [0, 0.05) is 28.6 Å². The highest BCUT2D eigenvalue weighted by molar-refractivity contribution is 9.11. The summed E-state index contributed by atoms with van der Waals surface area (Å²) in [6.07, 6.45) is 0. The smallest absolute Gasteiger partial charge is 0.279 e. The summed E-state index contributed by atoms with van der Waals surface area (Å²) in [7, 11) is 0. The maximum atomic E-state index is 12.3. The molecule has 3 saturated heterocycles. The summed E-state index contributed by atoms with van der Waals surface area (Å²) in [4.78, 5) is 14.8. The second-order valence-electron chi connectivity index (χ2n) is 5.68. The van der Waals surface area contributed by atoms with Gasteiger partial charge in [0.2, 0.25) is 0 Å². The van der Waals surface area contributed by atoms with E-state index in [9.17, 15) is 4.79 Å². The highest BCUT2D eigenvalue weighted by Crippen LogP contribution is 2.26. The van der Waals surface area contributed by atoms with Gasteiger partial charge in [0.05, 0.1) is 25.3 Å². The SMILES string of the molecule is O=C(C[N+]12CCN(CC1)CC2)Nc1ccc(Br)cc1Br. The molecule has 0 spiro atoms. The fourth-order valence-electron chi connectivity index (χ4n) is 3.05. The Balaban J connectivity index is 1.64. The van der Waals surface area contributed by atoms with Crippen LogP contribution in [0, 0.1) is 0 Å². The number of nitrogens with zero attached hydrogens (tertiary/aromatic N) is 2. The van der Waals surface area contributed by atoms with Crippen LogP contribution in [0.1, 0.15) is 0 Å². The van der Waals surface area contributed by atoms with Crippen LogP contribution in [-0.4, -0.2) is 61.1 Å². The predicted octanol–water partition coefficient (Wildman–Crippen LogP) is 2.30. The zero-order valence-corrected chi connectivity index (χ0v) is 14.4. The maximum Gasteiger partial charge on any atom is 0.279 e. The zero-order chi connectivity index (χ0) is 14.2. The molecule has 0 saturated carbocycles. The number of benzene rings is 1. The Morgan fingerprint density at radius 1 is 1.20 bits per heavy atom. The number of carbonyl (C=O) groups is 1. The van der Waals surface area contributed by atoms with Crippen LogP contribution in [0.25, 0.3) is 0 Å². The monoisotopic (exact) mass is 402 g/mol. The topological polar surface area (TPSA) is 32.3 Å². The molecule has 1 N–H and O–H groups in total. The molecule has 3 fully saturated rings. The molecule has 0 unspecified atom stereocenters. The number of piperazine rings is 3. The fourth-order valence-corrected chi connectivity index (χ4v) is 4.20. The van der Waals surface area contributed by atoms with Crippen LogP contribution in [-0.2, 0) is 4.79 Å². The third-order valence-corrected chi connectivity index (χ3v) is 5.51. The van der Waals surface area contributed by atoms with E-state index in [-0.39, 0.29) is 5.91 Å². The number of hydrogen-bond acceptors (Lipinski definition) is 2. The van der Waals surface area contributed by atoms with E-state index in [1.807, 2.05) is 18.2 Å². The van der Waals surface area contributed by atoms with Crippen LogP contribution in [0.3, 0.4) is 0 Å². The largest absolute Gasteiger partial charge is 0.320 e. The first-order valence-corrected chi connectivity index (χ1v) is 8.47. The summed E-state index contributed by atoms with van der Waals surface area (Å²) in [6.45, 7) is 7.31. The molecule has 4 rings (SSSR count). The van der Waals surface area contributed by atoms with E-state index in [2.05, 4.69) is 42.1 Å². The Morgan fingerprint density at radius 2 is 1.85 bits per heavy atom. The Bertz CT molecular complexity index is 513. The molecular weight excluding hydrogens is 386 g/mol. The van der Waals surface area contributed by atoms with Gasteiger partial charge in [-0.2, -0.15) is 0 Å². The minimum atomic E-state index is 0.114. The lowest BCUT2D eigenvalue weighted by Gasteiger charge is -2.50. The quantitative estimate of drug-likeness (QED) is 0.785. The number of fused-ring (bicyclic) bond motifs is 3. The third kappa shape index (κ3) is 3.08. The van der Waals surface area contributed by atoms with Crippen molar-refractivity contribution in [2.75, 3.05) is 51.1 Å². The van der Waals surface area contributed by atoms with Crippen molar-refractivity contribution in [3.63, 3.8) is 0 Å². The normalized spacial score (nSPS) is 28.4. The summed E-state index contributed by atoms with van der Waals surface area (Å²) >= 11 is 6.90. The average Bonchev–Trinajstić information content (AvgIpc) is 2.43. The summed E-state index contributed by atoms with van der Waals surface area (Å²) in [5.41, 5.74) is 0.840. The molecule has 1 amide bonds. The second kappa shape index (κ2) is 5.75. The van der Waals surface area contributed by atoms with E-state index in [4.69, 9.17) is 0 Å². The summed E-state index contributed by atoms with van der Waals surface area (Å²) in [6, 6.07) is 5.80. The van der Waals surface area contributed by atoms with Gasteiger partial charge in [-0.25, -0.2) is 0 Å². The second-order valence-corrected chi connectivity index (χ2v) is 7.45. The lowest BCUT2D eigenvalue weighted by molar-refractivity contribution is -0.933. The molecule has 0 atom stereocenters. The van der Waals surface area contributed by atoms with Gasteiger partial charge in [-0.05, 0) is 34.1 Å². The summed E-state index contributed by atoms with van der Waals surface area (Å²) < 4.78 is 2.86. The Labute approximate surface area is 136 Å². The zero-order valence-electron chi connectivity index (χ0n) is 11.2. The van der Waals surface area contributed by atoms with Crippen molar-refractivity contribution in [2.45, 2.75) is 0 Å². The van der Waals surface area contributed by atoms with Crippen molar-refractivity contribution in [3.8, 4) is 0 Å². The number of rotatable bonds is 3. The molecule has 0 aliphatic carbocycles. The molecule has 1 aromatic rings. The van der Waals surface area contributed by atoms with E-state index in [0.29, 0.717) is 6.54 Å².